The Labute approximate surface area is 150 Å². The molecule has 26 heavy (non-hydrogen) atoms. The summed E-state index contributed by atoms with van der Waals surface area (Å²) in [6.45, 7) is 0. The maximum absolute atomic E-state index is 12.5. The third kappa shape index (κ3) is 4.20. The molecule has 0 aliphatic carbocycles. The van der Waals surface area contributed by atoms with Crippen LogP contribution in [0.25, 0.3) is 0 Å². The van der Waals surface area contributed by atoms with E-state index in [1.807, 2.05) is 18.2 Å². The Kier molecular flexibility index (Phi) is 4.90. The monoisotopic (exact) mass is 369 g/mol. The maximum Gasteiger partial charge on any atom is 0.335 e. The van der Waals surface area contributed by atoms with Gasteiger partial charge in [0.05, 0.1) is 10.5 Å². The number of sulfonamides is 1. The number of anilines is 1. The Morgan fingerprint density at radius 1 is 0.846 bits per heavy atom. The van der Waals surface area contributed by atoms with E-state index in [1.54, 1.807) is 24.3 Å². The Balaban J connectivity index is 1.77. The number of carbonyl (C=O) groups is 1. The van der Waals surface area contributed by atoms with Gasteiger partial charge in [0.25, 0.3) is 10.0 Å². The van der Waals surface area contributed by atoms with E-state index in [1.165, 1.54) is 36.4 Å². The molecule has 0 saturated carbocycles. The first-order valence-electron chi connectivity index (χ1n) is 7.63. The lowest BCUT2D eigenvalue weighted by Crippen LogP contribution is -2.13. The normalized spacial score (nSPS) is 10.9. The lowest BCUT2D eigenvalue weighted by Gasteiger charge is -2.10. The first kappa shape index (κ1) is 17.5. The Morgan fingerprint density at radius 3 is 2.15 bits per heavy atom. The molecular weight excluding hydrogens is 354 g/mol. The molecule has 3 rings (SSSR count). The van der Waals surface area contributed by atoms with Crippen molar-refractivity contribution in [3.05, 3.63) is 84.4 Å². The number of nitrogens with one attached hydrogen (secondary N) is 1. The minimum Gasteiger partial charge on any atom is -0.478 e. The largest absolute Gasteiger partial charge is 0.478 e. The summed E-state index contributed by atoms with van der Waals surface area (Å²) in [6.07, 6.45) is 0. The van der Waals surface area contributed by atoms with E-state index in [2.05, 4.69) is 4.72 Å². The van der Waals surface area contributed by atoms with E-state index in [4.69, 9.17) is 9.84 Å². The first-order valence-corrected chi connectivity index (χ1v) is 9.11. The summed E-state index contributed by atoms with van der Waals surface area (Å²) in [5.74, 6) is 0.0169. The average Bonchev–Trinajstić information content (AvgIpc) is 2.63. The van der Waals surface area contributed by atoms with Crippen LogP contribution in [-0.2, 0) is 10.0 Å². The van der Waals surface area contributed by atoms with Crippen LogP contribution >= 0.6 is 0 Å². The number of hydrogen-bond donors (Lipinski definition) is 2. The van der Waals surface area contributed by atoms with Gasteiger partial charge in [-0.15, -0.1) is 0 Å². The van der Waals surface area contributed by atoms with Gasteiger partial charge in [-0.2, -0.15) is 0 Å². The summed E-state index contributed by atoms with van der Waals surface area (Å²) in [4.78, 5) is 11.0. The van der Waals surface area contributed by atoms with Gasteiger partial charge in [-0.05, 0) is 54.6 Å². The van der Waals surface area contributed by atoms with Gasteiger partial charge in [0, 0.05) is 5.69 Å². The van der Waals surface area contributed by atoms with E-state index in [0.29, 0.717) is 11.5 Å². The Bertz CT molecular complexity index is 1020. The lowest BCUT2D eigenvalue weighted by molar-refractivity contribution is 0.0697. The molecule has 0 atom stereocenters. The van der Waals surface area contributed by atoms with E-state index < -0.39 is 16.0 Å². The molecule has 0 radical (unpaired) electrons. The summed E-state index contributed by atoms with van der Waals surface area (Å²) < 4.78 is 32.9. The van der Waals surface area contributed by atoms with Gasteiger partial charge in [-0.25, -0.2) is 13.2 Å². The molecule has 0 aromatic heterocycles. The number of aromatic carboxylic acids is 1. The number of carboxylic acid groups (broad SMARTS) is 1. The van der Waals surface area contributed by atoms with Crippen molar-refractivity contribution in [2.45, 2.75) is 4.90 Å². The zero-order chi connectivity index (χ0) is 18.6. The molecule has 132 valence electrons. The van der Waals surface area contributed by atoms with Crippen molar-refractivity contribution in [1.82, 2.24) is 0 Å². The van der Waals surface area contributed by atoms with Gasteiger partial charge >= 0.3 is 5.97 Å². The molecule has 7 heteroatoms. The number of carboxylic acids is 1. The fourth-order valence-corrected chi connectivity index (χ4v) is 3.29. The van der Waals surface area contributed by atoms with Crippen molar-refractivity contribution in [3.8, 4) is 11.5 Å². The Morgan fingerprint density at radius 2 is 1.50 bits per heavy atom. The van der Waals surface area contributed by atoms with Gasteiger partial charge < -0.3 is 9.84 Å². The standard InChI is InChI=1S/C19H15NO5S/c21-19(22)14-5-4-6-15(13-14)20-26(23,24)18-11-9-17(10-12-18)25-16-7-2-1-3-8-16/h1-13,20H,(H,21,22). The van der Waals surface area contributed by atoms with E-state index in [-0.39, 0.29) is 16.1 Å². The highest BCUT2D eigenvalue weighted by Gasteiger charge is 2.15. The second-order valence-corrected chi connectivity index (χ2v) is 7.06. The summed E-state index contributed by atoms with van der Waals surface area (Å²) in [5, 5.41) is 8.99. The predicted octanol–water partition coefficient (Wildman–Crippen LogP) is 3.98. The number of ether oxygens (including phenoxy) is 1. The van der Waals surface area contributed by atoms with Crippen LogP contribution in [0.3, 0.4) is 0 Å². The molecular formula is C19H15NO5S. The van der Waals surface area contributed by atoms with Gasteiger partial charge in [0.1, 0.15) is 11.5 Å². The third-order valence-corrected chi connectivity index (χ3v) is 4.87. The van der Waals surface area contributed by atoms with Crippen LogP contribution in [-0.4, -0.2) is 19.5 Å². The molecule has 0 spiro atoms. The van der Waals surface area contributed by atoms with Gasteiger partial charge in [0.2, 0.25) is 0 Å². The minimum atomic E-state index is -3.84. The summed E-state index contributed by atoms with van der Waals surface area (Å²) >= 11 is 0. The molecule has 0 aliphatic rings. The predicted molar refractivity (Wildman–Crippen MR) is 97.2 cm³/mol. The molecule has 2 N–H and O–H groups in total. The SMILES string of the molecule is O=C(O)c1cccc(NS(=O)(=O)c2ccc(Oc3ccccc3)cc2)c1. The number of hydrogen-bond acceptors (Lipinski definition) is 4. The molecule has 0 fully saturated rings. The number of benzene rings is 3. The van der Waals surface area contributed by atoms with Gasteiger partial charge in [-0.3, -0.25) is 4.72 Å². The van der Waals surface area contributed by atoms with Crippen LogP contribution in [0, 0.1) is 0 Å². The van der Waals surface area contributed by atoms with Crippen molar-refractivity contribution in [2.24, 2.45) is 0 Å². The smallest absolute Gasteiger partial charge is 0.335 e. The molecule has 3 aromatic rings. The van der Waals surface area contributed by atoms with Crippen molar-refractivity contribution in [3.63, 3.8) is 0 Å². The first-order chi connectivity index (χ1) is 12.4. The summed E-state index contributed by atoms with van der Waals surface area (Å²) in [7, 11) is -3.84. The van der Waals surface area contributed by atoms with Crippen LogP contribution in [0.1, 0.15) is 10.4 Å². The third-order valence-electron chi connectivity index (χ3n) is 3.47. The Hall–Kier alpha value is -3.32. The minimum absolute atomic E-state index is 0.00295. The quantitative estimate of drug-likeness (QED) is 0.686. The highest BCUT2D eigenvalue weighted by Crippen LogP contribution is 2.24. The van der Waals surface area contributed by atoms with E-state index >= 15 is 0 Å². The van der Waals surface area contributed by atoms with Crippen molar-refractivity contribution >= 4 is 21.7 Å². The van der Waals surface area contributed by atoms with Crippen molar-refractivity contribution < 1.29 is 23.1 Å². The van der Waals surface area contributed by atoms with Crippen molar-refractivity contribution in [2.75, 3.05) is 4.72 Å². The lowest BCUT2D eigenvalue weighted by atomic mass is 10.2. The highest BCUT2D eigenvalue weighted by molar-refractivity contribution is 7.92. The zero-order valence-corrected chi connectivity index (χ0v) is 14.3. The molecule has 3 aromatic carbocycles. The highest BCUT2D eigenvalue weighted by atomic mass is 32.2. The van der Waals surface area contributed by atoms with Crippen LogP contribution in [0.5, 0.6) is 11.5 Å². The van der Waals surface area contributed by atoms with Crippen LogP contribution < -0.4 is 9.46 Å². The average molecular weight is 369 g/mol. The second-order valence-electron chi connectivity index (χ2n) is 5.38. The van der Waals surface area contributed by atoms with Crippen LogP contribution in [0.15, 0.2) is 83.8 Å². The molecule has 0 aliphatic heterocycles. The number of para-hydroxylation sites is 1. The van der Waals surface area contributed by atoms with Gasteiger partial charge in [0.15, 0.2) is 0 Å². The van der Waals surface area contributed by atoms with E-state index in [9.17, 15) is 13.2 Å². The van der Waals surface area contributed by atoms with Crippen LogP contribution in [0.4, 0.5) is 5.69 Å². The second kappa shape index (κ2) is 7.28. The topological polar surface area (TPSA) is 92.7 Å². The summed E-state index contributed by atoms with van der Waals surface area (Å²) in [5.41, 5.74) is 0.173. The molecule has 0 heterocycles. The van der Waals surface area contributed by atoms with E-state index in [0.717, 1.165) is 0 Å². The molecule has 0 amide bonds. The van der Waals surface area contributed by atoms with Crippen LogP contribution in [0.2, 0.25) is 0 Å². The molecule has 0 bridgehead atoms. The molecule has 0 saturated heterocycles. The molecule has 0 unspecified atom stereocenters. The fraction of sp³-hybridized carbons (Fsp3) is 0. The van der Waals surface area contributed by atoms with Crippen molar-refractivity contribution in [1.29, 1.82) is 0 Å². The zero-order valence-electron chi connectivity index (χ0n) is 13.5. The molecule has 6 nitrogen and oxygen atoms in total. The fourth-order valence-electron chi connectivity index (χ4n) is 2.24. The maximum atomic E-state index is 12.5. The summed E-state index contributed by atoms with van der Waals surface area (Å²) in [6, 6.07) is 20.7. The van der Waals surface area contributed by atoms with Gasteiger partial charge in [-0.1, -0.05) is 24.3 Å². The number of rotatable bonds is 6.